The van der Waals surface area contributed by atoms with Crippen molar-refractivity contribution in [3.05, 3.63) is 0 Å². The Kier molecular flexibility index (Phi) is 2.28. The predicted molar refractivity (Wildman–Crippen MR) is 51.1 cm³/mol. The largest absolute Gasteiger partial charge is 0.355 e. The summed E-state index contributed by atoms with van der Waals surface area (Å²) in [6, 6.07) is 0. The van der Waals surface area contributed by atoms with Crippen LogP contribution in [0, 0.1) is 11.3 Å². The Morgan fingerprint density at radius 1 is 1.46 bits per heavy atom. The first-order chi connectivity index (χ1) is 6.27. The quantitative estimate of drug-likeness (QED) is 0.655. The molecule has 3 heteroatoms. The third kappa shape index (κ3) is 2.02. The highest BCUT2D eigenvalue weighted by atomic mass is 16.1. The fourth-order valence-electron chi connectivity index (χ4n) is 2.08. The van der Waals surface area contributed by atoms with Gasteiger partial charge < -0.3 is 11.1 Å². The van der Waals surface area contributed by atoms with Gasteiger partial charge in [-0.3, -0.25) is 4.79 Å². The highest BCUT2D eigenvalue weighted by Crippen LogP contribution is 2.60. The van der Waals surface area contributed by atoms with Crippen molar-refractivity contribution in [3.63, 3.8) is 0 Å². The van der Waals surface area contributed by atoms with E-state index in [9.17, 15) is 4.79 Å². The van der Waals surface area contributed by atoms with Crippen molar-refractivity contribution < 1.29 is 4.79 Å². The molecule has 0 aromatic carbocycles. The van der Waals surface area contributed by atoms with Crippen LogP contribution in [-0.2, 0) is 4.79 Å². The van der Waals surface area contributed by atoms with Gasteiger partial charge in [-0.05, 0) is 37.0 Å². The maximum Gasteiger partial charge on any atom is 0.221 e. The minimum atomic E-state index is 0.120. The Balaban J connectivity index is 1.69. The van der Waals surface area contributed by atoms with Gasteiger partial charge in [0.25, 0.3) is 0 Å². The van der Waals surface area contributed by atoms with Crippen molar-refractivity contribution in [2.45, 2.75) is 32.1 Å². The van der Waals surface area contributed by atoms with Crippen molar-refractivity contribution in [2.75, 3.05) is 13.1 Å². The van der Waals surface area contributed by atoms with Gasteiger partial charge in [-0.15, -0.1) is 0 Å². The fraction of sp³-hybridized carbons (Fsp3) is 0.900. The number of nitrogens with two attached hydrogens (primary N) is 1. The van der Waals surface area contributed by atoms with E-state index in [0.29, 0.717) is 18.4 Å². The lowest BCUT2D eigenvalue weighted by Gasteiger charge is -2.14. The van der Waals surface area contributed by atoms with E-state index >= 15 is 0 Å². The molecule has 0 saturated heterocycles. The van der Waals surface area contributed by atoms with Crippen LogP contribution in [0.1, 0.15) is 32.1 Å². The van der Waals surface area contributed by atoms with Crippen LogP contribution < -0.4 is 11.1 Å². The van der Waals surface area contributed by atoms with Crippen molar-refractivity contribution in [1.29, 1.82) is 0 Å². The minimum Gasteiger partial charge on any atom is -0.355 e. The lowest BCUT2D eigenvalue weighted by Crippen LogP contribution is -2.32. The Morgan fingerprint density at radius 2 is 2.15 bits per heavy atom. The molecule has 0 aromatic heterocycles. The summed E-state index contributed by atoms with van der Waals surface area (Å²) in [5.74, 6) is 1.04. The second-order valence-corrected chi connectivity index (χ2v) is 4.45. The molecule has 0 aromatic rings. The predicted octanol–water partition coefficient (Wildman–Crippen LogP) is 0.642. The van der Waals surface area contributed by atoms with Gasteiger partial charge in [0.1, 0.15) is 0 Å². The van der Waals surface area contributed by atoms with Crippen LogP contribution in [0.5, 0.6) is 0 Å². The van der Waals surface area contributed by atoms with Crippen LogP contribution in [0.3, 0.4) is 0 Å². The normalized spacial score (nSPS) is 24.1. The Bertz CT molecular complexity index is 207. The summed E-state index contributed by atoms with van der Waals surface area (Å²) in [6.07, 6.45) is 5.88. The first kappa shape index (κ1) is 9.00. The summed E-state index contributed by atoms with van der Waals surface area (Å²) < 4.78 is 0. The number of carbonyl (C=O) groups is 1. The molecule has 13 heavy (non-hydrogen) atoms. The van der Waals surface area contributed by atoms with Gasteiger partial charge in [0.15, 0.2) is 0 Å². The number of hydrogen-bond acceptors (Lipinski definition) is 2. The molecule has 2 fully saturated rings. The van der Waals surface area contributed by atoms with E-state index in [1.165, 1.54) is 25.7 Å². The van der Waals surface area contributed by atoms with Crippen LogP contribution in [0.4, 0.5) is 0 Å². The van der Waals surface area contributed by atoms with E-state index in [4.69, 9.17) is 5.73 Å². The summed E-state index contributed by atoms with van der Waals surface area (Å²) in [5, 5.41) is 2.99. The monoisotopic (exact) mass is 182 g/mol. The molecule has 2 aliphatic rings. The molecule has 2 rings (SSSR count). The van der Waals surface area contributed by atoms with Crippen LogP contribution >= 0.6 is 0 Å². The van der Waals surface area contributed by atoms with Gasteiger partial charge in [0, 0.05) is 19.5 Å². The topological polar surface area (TPSA) is 55.1 Å². The molecule has 0 spiro atoms. The number of carbonyl (C=O) groups excluding carboxylic acids is 1. The first-order valence-electron chi connectivity index (χ1n) is 5.24. The number of rotatable bonds is 5. The number of amides is 1. The molecule has 0 unspecified atom stereocenters. The van der Waals surface area contributed by atoms with Crippen molar-refractivity contribution in [2.24, 2.45) is 17.1 Å². The smallest absolute Gasteiger partial charge is 0.221 e. The second kappa shape index (κ2) is 3.29. The maximum atomic E-state index is 11.2. The molecule has 0 bridgehead atoms. The summed E-state index contributed by atoms with van der Waals surface area (Å²) in [5.41, 5.74) is 5.81. The lowest BCUT2D eigenvalue weighted by molar-refractivity contribution is -0.121. The molecule has 74 valence electrons. The van der Waals surface area contributed by atoms with E-state index in [0.717, 1.165) is 12.5 Å². The molecule has 0 radical (unpaired) electrons. The van der Waals surface area contributed by atoms with E-state index in [2.05, 4.69) is 5.32 Å². The Labute approximate surface area is 79.1 Å². The van der Waals surface area contributed by atoms with Crippen molar-refractivity contribution in [3.8, 4) is 0 Å². The third-order valence-corrected chi connectivity index (χ3v) is 3.34. The van der Waals surface area contributed by atoms with Crippen molar-refractivity contribution in [1.82, 2.24) is 5.32 Å². The van der Waals surface area contributed by atoms with Gasteiger partial charge in [-0.1, -0.05) is 0 Å². The highest BCUT2D eigenvalue weighted by Gasteiger charge is 2.53. The zero-order valence-electron chi connectivity index (χ0n) is 8.01. The van der Waals surface area contributed by atoms with Gasteiger partial charge >= 0.3 is 0 Å². The van der Waals surface area contributed by atoms with Gasteiger partial charge in [0.2, 0.25) is 5.91 Å². The van der Waals surface area contributed by atoms with Gasteiger partial charge in [0.05, 0.1) is 0 Å². The van der Waals surface area contributed by atoms with Gasteiger partial charge in [-0.25, -0.2) is 0 Å². The standard InChI is InChI=1S/C10H18N2O/c11-6-3-9(13)12-7-10(4-5-10)8-1-2-8/h8H,1-7,11H2,(H,12,13). The highest BCUT2D eigenvalue weighted by molar-refractivity contribution is 5.76. The first-order valence-corrected chi connectivity index (χ1v) is 5.24. The Morgan fingerprint density at radius 3 is 2.62 bits per heavy atom. The summed E-state index contributed by atoms with van der Waals surface area (Å²) in [6.45, 7) is 1.36. The summed E-state index contributed by atoms with van der Waals surface area (Å²) in [4.78, 5) is 11.2. The van der Waals surface area contributed by atoms with Crippen molar-refractivity contribution >= 4 is 5.91 Å². The second-order valence-electron chi connectivity index (χ2n) is 4.45. The lowest BCUT2D eigenvalue weighted by atomic mass is 10.0. The number of hydrogen-bond donors (Lipinski definition) is 2. The van der Waals surface area contributed by atoms with E-state index < -0.39 is 0 Å². The molecular formula is C10H18N2O. The SMILES string of the molecule is NCCC(=O)NCC1(C2CC2)CC1. The molecule has 3 nitrogen and oxygen atoms in total. The molecule has 1 amide bonds. The van der Waals surface area contributed by atoms with E-state index in [-0.39, 0.29) is 5.91 Å². The molecule has 0 atom stereocenters. The zero-order chi connectivity index (χ0) is 9.31. The Hall–Kier alpha value is -0.570. The third-order valence-electron chi connectivity index (χ3n) is 3.34. The zero-order valence-corrected chi connectivity index (χ0v) is 8.01. The van der Waals surface area contributed by atoms with E-state index in [1.54, 1.807) is 0 Å². The molecule has 3 N–H and O–H groups in total. The molecule has 2 aliphatic carbocycles. The fourth-order valence-corrected chi connectivity index (χ4v) is 2.08. The number of nitrogens with one attached hydrogen (secondary N) is 1. The summed E-state index contributed by atoms with van der Waals surface area (Å²) in [7, 11) is 0. The minimum absolute atomic E-state index is 0.120. The molecular weight excluding hydrogens is 164 g/mol. The average molecular weight is 182 g/mol. The van der Waals surface area contributed by atoms with Crippen LogP contribution in [0.2, 0.25) is 0 Å². The maximum absolute atomic E-state index is 11.2. The van der Waals surface area contributed by atoms with Crippen LogP contribution in [-0.4, -0.2) is 19.0 Å². The average Bonchev–Trinajstić information content (AvgIpc) is 2.95. The summed E-state index contributed by atoms with van der Waals surface area (Å²) >= 11 is 0. The van der Waals surface area contributed by atoms with Crippen LogP contribution in [0.15, 0.2) is 0 Å². The molecule has 2 saturated carbocycles. The van der Waals surface area contributed by atoms with Crippen LogP contribution in [0.25, 0.3) is 0 Å². The van der Waals surface area contributed by atoms with Gasteiger partial charge in [-0.2, -0.15) is 0 Å². The van der Waals surface area contributed by atoms with E-state index in [1.807, 2.05) is 0 Å². The molecule has 0 aliphatic heterocycles. The molecule has 0 heterocycles.